The van der Waals surface area contributed by atoms with E-state index < -0.39 is 5.82 Å². The van der Waals surface area contributed by atoms with Crippen molar-refractivity contribution in [3.8, 4) is 0 Å². The van der Waals surface area contributed by atoms with Gasteiger partial charge in [0.2, 0.25) is 5.91 Å². The number of carbonyl (C=O) groups is 1. The Hall–Kier alpha value is -1.13. The Morgan fingerprint density at radius 3 is 3.00 bits per heavy atom. The largest absolute Gasteiger partial charge is 0.341 e. The minimum atomic E-state index is -0.473. The standard InChI is InChI=1S/C13H16ClFN2O/c14-11-3-2-10(8-12(11)15)9-13(18)17-6-1-4-16-5-7-17/h2-3,8,16H,1,4-7,9H2. The molecule has 18 heavy (non-hydrogen) atoms. The molecule has 3 nitrogen and oxygen atoms in total. The van der Waals surface area contributed by atoms with Crippen LogP contribution >= 0.6 is 11.6 Å². The van der Waals surface area contributed by atoms with E-state index in [1.807, 2.05) is 4.90 Å². The Balaban J connectivity index is 1.99. The Kier molecular flexibility index (Phi) is 4.55. The molecule has 0 aliphatic carbocycles. The van der Waals surface area contributed by atoms with Crippen molar-refractivity contribution >= 4 is 17.5 Å². The highest BCUT2D eigenvalue weighted by Crippen LogP contribution is 2.16. The van der Waals surface area contributed by atoms with E-state index in [9.17, 15) is 9.18 Å². The van der Waals surface area contributed by atoms with Gasteiger partial charge in [0.05, 0.1) is 11.4 Å². The van der Waals surface area contributed by atoms with E-state index in [1.165, 1.54) is 12.1 Å². The van der Waals surface area contributed by atoms with Crippen molar-refractivity contribution in [2.45, 2.75) is 12.8 Å². The molecule has 98 valence electrons. The van der Waals surface area contributed by atoms with Crippen LogP contribution in [0.5, 0.6) is 0 Å². The van der Waals surface area contributed by atoms with Crippen LogP contribution in [0.25, 0.3) is 0 Å². The quantitative estimate of drug-likeness (QED) is 0.889. The van der Waals surface area contributed by atoms with Crippen molar-refractivity contribution in [1.29, 1.82) is 0 Å². The van der Waals surface area contributed by atoms with E-state index in [1.54, 1.807) is 6.07 Å². The Bertz CT molecular complexity index is 431. The summed E-state index contributed by atoms with van der Waals surface area (Å²) in [6.07, 6.45) is 1.19. The van der Waals surface area contributed by atoms with Gasteiger partial charge in [-0.15, -0.1) is 0 Å². The molecule has 1 amide bonds. The summed E-state index contributed by atoms with van der Waals surface area (Å²) in [5.41, 5.74) is 0.666. The highest BCUT2D eigenvalue weighted by Gasteiger charge is 2.15. The fourth-order valence-corrected chi connectivity index (χ4v) is 2.15. The predicted octanol–water partition coefficient (Wildman–Crippen LogP) is 1.84. The Morgan fingerprint density at radius 1 is 1.39 bits per heavy atom. The monoisotopic (exact) mass is 270 g/mol. The summed E-state index contributed by atoms with van der Waals surface area (Å²) in [6.45, 7) is 3.25. The molecule has 1 saturated heterocycles. The molecule has 1 N–H and O–H groups in total. The molecule has 2 rings (SSSR count). The fourth-order valence-electron chi connectivity index (χ4n) is 2.03. The minimum Gasteiger partial charge on any atom is -0.341 e. The molecule has 1 fully saturated rings. The molecule has 0 saturated carbocycles. The molecule has 1 heterocycles. The van der Waals surface area contributed by atoms with Gasteiger partial charge in [-0.3, -0.25) is 4.79 Å². The van der Waals surface area contributed by atoms with Crippen molar-refractivity contribution in [2.24, 2.45) is 0 Å². The molecule has 1 aliphatic heterocycles. The van der Waals surface area contributed by atoms with E-state index in [0.29, 0.717) is 5.56 Å². The predicted molar refractivity (Wildman–Crippen MR) is 69.2 cm³/mol. The lowest BCUT2D eigenvalue weighted by molar-refractivity contribution is -0.130. The van der Waals surface area contributed by atoms with Crippen molar-refractivity contribution in [3.05, 3.63) is 34.6 Å². The van der Waals surface area contributed by atoms with Gasteiger partial charge >= 0.3 is 0 Å². The number of nitrogens with one attached hydrogen (secondary N) is 1. The zero-order valence-corrected chi connectivity index (χ0v) is 10.8. The van der Waals surface area contributed by atoms with Crippen LogP contribution in [0.1, 0.15) is 12.0 Å². The molecule has 5 heteroatoms. The van der Waals surface area contributed by atoms with Gasteiger partial charge in [-0.2, -0.15) is 0 Å². The number of nitrogens with zero attached hydrogens (tertiary/aromatic N) is 1. The van der Waals surface area contributed by atoms with Crippen LogP contribution in [-0.2, 0) is 11.2 Å². The van der Waals surface area contributed by atoms with Crippen LogP contribution in [0, 0.1) is 5.82 Å². The Morgan fingerprint density at radius 2 is 2.22 bits per heavy atom. The van der Waals surface area contributed by atoms with E-state index in [-0.39, 0.29) is 17.4 Å². The Labute approximate surface area is 111 Å². The number of hydrogen-bond acceptors (Lipinski definition) is 2. The van der Waals surface area contributed by atoms with Gasteiger partial charge in [0.15, 0.2) is 0 Å². The molecule has 0 atom stereocenters. The van der Waals surface area contributed by atoms with Crippen LogP contribution in [-0.4, -0.2) is 37.0 Å². The third kappa shape index (κ3) is 3.43. The van der Waals surface area contributed by atoms with Gasteiger partial charge in [0.1, 0.15) is 5.82 Å². The zero-order valence-electron chi connectivity index (χ0n) is 10.1. The number of benzene rings is 1. The van der Waals surface area contributed by atoms with Crippen LogP contribution < -0.4 is 5.32 Å². The zero-order chi connectivity index (χ0) is 13.0. The van der Waals surface area contributed by atoms with Gasteiger partial charge < -0.3 is 10.2 Å². The average molecular weight is 271 g/mol. The van der Waals surface area contributed by atoms with Gasteiger partial charge in [-0.25, -0.2) is 4.39 Å². The topological polar surface area (TPSA) is 32.3 Å². The first-order chi connectivity index (χ1) is 8.66. The second-order valence-electron chi connectivity index (χ2n) is 4.41. The number of amides is 1. The van der Waals surface area contributed by atoms with E-state index in [0.717, 1.165) is 32.6 Å². The molecular formula is C13H16ClFN2O. The molecule has 1 aromatic carbocycles. The maximum Gasteiger partial charge on any atom is 0.227 e. The lowest BCUT2D eigenvalue weighted by Crippen LogP contribution is -2.35. The van der Waals surface area contributed by atoms with Crippen LogP contribution in [0.3, 0.4) is 0 Å². The van der Waals surface area contributed by atoms with E-state index in [4.69, 9.17) is 11.6 Å². The van der Waals surface area contributed by atoms with Crippen molar-refractivity contribution in [3.63, 3.8) is 0 Å². The summed E-state index contributed by atoms with van der Waals surface area (Å²) < 4.78 is 13.3. The maximum absolute atomic E-state index is 13.3. The summed E-state index contributed by atoms with van der Waals surface area (Å²) in [7, 11) is 0. The molecule has 0 spiro atoms. The smallest absolute Gasteiger partial charge is 0.227 e. The number of carbonyl (C=O) groups excluding carboxylic acids is 1. The minimum absolute atomic E-state index is 0.0421. The maximum atomic E-state index is 13.3. The molecule has 0 bridgehead atoms. The number of halogens is 2. The average Bonchev–Trinajstić information content (AvgIpc) is 2.62. The van der Waals surface area contributed by atoms with Gasteiger partial charge in [0.25, 0.3) is 0 Å². The third-order valence-electron chi connectivity index (χ3n) is 3.03. The first-order valence-electron chi connectivity index (χ1n) is 6.09. The molecule has 1 aromatic rings. The van der Waals surface area contributed by atoms with Crippen molar-refractivity contribution in [2.75, 3.05) is 26.2 Å². The highest BCUT2D eigenvalue weighted by molar-refractivity contribution is 6.30. The summed E-state index contributed by atoms with van der Waals surface area (Å²) in [4.78, 5) is 13.9. The third-order valence-corrected chi connectivity index (χ3v) is 3.34. The van der Waals surface area contributed by atoms with Crippen LogP contribution in [0.2, 0.25) is 5.02 Å². The van der Waals surface area contributed by atoms with Gasteiger partial charge in [-0.05, 0) is 30.7 Å². The van der Waals surface area contributed by atoms with Crippen molar-refractivity contribution in [1.82, 2.24) is 10.2 Å². The number of rotatable bonds is 2. The summed E-state index contributed by atoms with van der Waals surface area (Å²) >= 11 is 5.61. The fraction of sp³-hybridized carbons (Fsp3) is 0.462. The first kappa shape index (κ1) is 13.3. The molecule has 0 unspecified atom stereocenters. The molecule has 1 aliphatic rings. The SMILES string of the molecule is O=C(Cc1ccc(Cl)c(F)c1)N1CCCNCC1. The second kappa shape index (κ2) is 6.16. The van der Waals surface area contributed by atoms with Crippen molar-refractivity contribution < 1.29 is 9.18 Å². The lowest BCUT2D eigenvalue weighted by Gasteiger charge is -2.19. The van der Waals surface area contributed by atoms with Gasteiger partial charge in [-0.1, -0.05) is 17.7 Å². The van der Waals surface area contributed by atoms with Gasteiger partial charge in [0, 0.05) is 19.6 Å². The van der Waals surface area contributed by atoms with Crippen LogP contribution in [0.4, 0.5) is 4.39 Å². The number of hydrogen-bond donors (Lipinski definition) is 1. The highest BCUT2D eigenvalue weighted by atomic mass is 35.5. The van der Waals surface area contributed by atoms with E-state index >= 15 is 0 Å². The molecule has 0 radical (unpaired) electrons. The summed E-state index contributed by atoms with van der Waals surface area (Å²) in [6, 6.07) is 4.51. The normalized spacial score (nSPS) is 16.4. The molecular weight excluding hydrogens is 255 g/mol. The first-order valence-corrected chi connectivity index (χ1v) is 6.47. The van der Waals surface area contributed by atoms with Crippen LogP contribution in [0.15, 0.2) is 18.2 Å². The lowest BCUT2D eigenvalue weighted by atomic mass is 10.1. The van der Waals surface area contributed by atoms with E-state index in [2.05, 4.69) is 5.32 Å². The summed E-state index contributed by atoms with van der Waals surface area (Å²) in [5, 5.41) is 3.33. The molecule has 0 aromatic heterocycles. The second-order valence-corrected chi connectivity index (χ2v) is 4.82. The summed E-state index contributed by atoms with van der Waals surface area (Å²) in [5.74, 6) is -0.431.